The number of esters is 1. The van der Waals surface area contributed by atoms with Gasteiger partial charge in [-0.25, -0.2) is 0 Å². The second-order valence-corrected chi connectivity index (χ2v) is 4.88. The molecule has 2 aromatic rings. The number of benzene rings is 1. The number of hydrogen-bond donors (Lipinski definition) is 2. The van der Waals surface area contributed by atoms with E-state index in [1.807, 2.05) is 0 Å². The van der Waals surface area contributed by atoms with Crippen LogP contribution in [0.4, 0.5) is 5.69 Å². The number of ether oxygens (including phenoxy) is 1. The number of rotatable bonds is 5. The van der Waals surface area contributed by atoms with Gasteiger partial charge in [0.05, 0.1) is 13.0 Å². The van der Waals surface area contributed by atoms with Crippen LogP contribution < -0.4 is 11.5 Å². The third kappa shape index (κ3) is 3.15. The van der Waals surface area contributed by atoms with Crippen molar-refractivity contribution in [1.29, 1.82) is 0 Å². The van der Waals surface area contributed by atoms with Gasteiger partial charge < -0.3 is 20.7 Å². The number of aryl methyl sites for hydroxylation is 1. The summed E-state index contributed by atoms with van der Waals surface area (Å²) in [6.45, 7) is 1.67. The number of carbonyl (C=O) groups is 2. The highest BCUT2D eigenvalue weighted by Crippen LogP contribution is 2.25. The minimum atomic E-state index is -1.15. The maximum Gasteiger partial charge on any atom is 0.323 e. The normalized spacial score (nSPS) is 13.4. The fraction of sp³-hybridized carbons (Fsp3) is 0.267. The number of nitrogen functional groups attached to an aromatic ring is 1. The predicted molar refractivity (Wildman–Crippen MR) is 79.2 cm³/mol. The molecule has 7 nitrogen and oxygen atoms in total. The van der Waals surface area contributed by atoms with Crippen molar-refractivity contribution >= 4 is 17.4 Å². The van der Waals surface area contributed by atoms with Crippen LogP contribution in [0.1, 0.15) is 27.7 Å². The van der Waals surface area contributed by atoms with Crippen LogP contribution >= 0.6 is 0 Å². The van der Waals surface area contributed by atoms with Gasteiger partial charge in [-0.05, 0) is 24.6 Å². The summed E-state index contributed by atoms with van der Waals surface area (Å²) in [5.74, 6) is -1.54. The van der Waals surface area contributed by atoms with Crippen molar-refractivity contribution < 1.29 is 18.8 Å². The number of hydrogen-bond acceptors (Lipinski definition) is 7. The third-order valence-corrected chi connectivity index (χ3v) is 3.29. The summed E-state index contributed by atoms with van der Waals surface area (Å²) in [5, 5.41) is 3.69. The van der Waals surface area contributed by atoms with Crippen LogP contribution in [0.3, 0.4) is 0 Å². The van der Waals surface area contributed by atoms with E-state index in [1.54, 1.807) is 31.2 Å². The first-order chi connectivity index (χ1) is 10.4. The van der Waals surface area contributed by atoms with Crippen LogP contribution in [0.25, 0.3) is 0 Å². The number of aromatic nitrogens is 1. The molecule has 1 heterocycles. The second kappa shape index (κ2) is 6.40. The van der Waals surface area contributed by atoms with E-state index in [0.717, 1.165) is 0 Å². The van der Waals surface area contributed by atoms with Crippen molar-refractivity contribution in [2.75, 3.05) is 12.8 Å². The molecule has 0 bridgehead atoms. The van der Waals surface area contributed by atoms with E-state index in [2.05, 4.69) is 9.89 Å². The van der Waals surface area contributed by atoms with Gasteiger partial charge in [-0.15, -0.1) is 0 Å². The van der Waals surface area contributed by atoms with Crippen molar-refractivity contribution in [2.24, 2.45) is 5.73 Å². The highest BCUT2D eigenvalue weighted by Gasteiger charge is 2.35. The molecule has 116 valence electrons. The third-order valence-electron chi connectivity index (χ3n) is 3.29. The van der Waals surface area contributed by atoms with E-state index in [1.165, 1.54) is 13.2 Å². The lowest BCUT2D eigenvalue weighted by molar-refractivity contribution is -0.142. The van der Waals surface area contributed by atoms with Crippen LogP contribution in [0.2, 0.25) is 0 Å². The highest BCUT2D eigenvalue weighted by atomic mass is 16.5. The molecule has 0 aliphatic carbocycles. The Morgan fingerprint density at radius 3 is 2.41 bits per heavy atom. The fourth-order valence-electron chi connectivity index (χ4n) is 2.14. The molecule has 2 atom stereocenters. The van der Waals surface area contributed by atoms with Crippen molar-refractivity contribution in [3.05, 3.63) is 47.3 Å². The van der Waals surface area contributed by atoms with E-state index in [-0.39, 0.29) is 5.69 Å². The number of nitrogens with two attached hydrogens (primary N) is 2. The maximum absolute atomic E-state index is 12.7. The van der Waals surface area contributed by atoms with Crippen molar-refractivity contribution in [3.63, 3.8) is 0 Å². The van der Waals surface area contributed by atoms with Crippen LogP contribution in [-0.4, -0.2) is 30.1 Å². The van der Waals surface area contributed by atoms with Crippen LogP contribution in [0.15, 0.2) is 34.9 Å². The lowest BCUT2D eigenvalue weighted by Gasteiger charge is -2.20. The average Bonchev–Trinajstić information content (AvgIpc) is 2.95. The molecule has 0 aliphatic rings. The van der Waals surface area contributed by atoms with Crippen molar-refractivity contribution in [2.45, 2.75) is 18.9 Å². The zero-order valence-electron chi connectivity index (χ0n) is 12.3. The number of anilines is 1. The zero-order chi connectivity index (χ0) is 16.3. The van der Waals surface area contributed by atoms with Gasteiger partial charge in [0.2, 0.25) is 0 Å². The Kier molecular flexibility index (Phi) is 4.57. The van der Waals surface area contributed by atoms with Gasteiger partial charge in [-0.3, -0.25) is 9.59 Å². The first-order valence-electron chi connectivity index (χ1n) is 6.60. The summed E-state index contributed by atoms with van der Waals surface area (Å²) in [4.78, 5) is 24.4. The quantitative estimate of drug-likeness (QED) is 0.480. The minimum Gasteiger partial charge on any atom is -0.468 e. The molecule has 0 spiro atoms. The summed E-state index contributed by atoms with van der Waals surface area (Å²) in [6, 6.07) is 6.90. The molecular weight excluding hydrogens is 286 g/mol. The average molecular weight is 303 g/mol. The van der Waals surface area contributed by atoms with E-state index >= 15 is 0 Å². The molecule has 7 heteroatoms. The topological polar surface area (TPSA) is 121 Å². The van der Waals surface area contributed by atoms with Crippen LogP contribution in [0.5, 0.6) is 0 Å². The number of ketones is 1. The molecule has 1 unspecified atom stereocenters. The molecule has 1 aromatic carbocycles. The Balaban J connectivity index is 2.43. The standard InChI is InChI=1S/C15H17N3O4/c1-8-7-11(18-22-8)14(19)12(13(17)15(20)21-2)9-3-5-10(16)6-4-9/h3-7,12-13H,16-17H2,1-2H3/t12?,13-/m1/s1. The molecule has 0 saturated carbocycles. The summed E-state index contributed by atoms with van der Waals surface area (Å²) in [5.41, 5.74) is 12.8. The number of Topliss-reactive ketones (excluding diaryl/α,β-unsaturated/α-hetero) is 1. The molecule has 0 amide bonds. The highest BCUT2D eigenvalue weighted by molar-refractivity contribution is 6.02. The van der Waals surface area contributed by atoms with E-state index in [9.17, 15) is 9.59 Å². The monoisotopic (exact) mass is 303 g/mol. The molecule has 0 radical (unpaired) electrons. The molecular formula is C15H17N3O4. The Morgan fingerprint density at radius 2 is 1.91 bits per heavy atom. The Morgan fingerprint density at radius 1 is 1.27 bits per heavy atom. The summed E-state index contributed by atoms with van der Waals surface area (Å²) >= 11 is 0. The lowest BCUT2D eigenvalue weighted by atomic mass is 9.86. The Hall–Kier alpha value is -2.67. The molecule has 4 N–H and O–H groups in total. The van der Waals surface area contributed by atoms with Gasteiger partial charge in [0, 0.05) is 11.8 Å². The first kappa shape index (κ1) is 15.7. The lowest BCUT2D eigenvalue weighted by Crippen LogP contribution is -2.41. The Labute approximate surface area is 127 Å². The van der Waals surface area contributed by atoms with Gasteiger partial charge in [0.1, 0.15) is 11.8 Å². The SMILES string of the molecule is COC(=O)[C@H](N)C(C(=O)c1cc(C)on1)c1ccc(N)cc1. The molecule has 2 rings (SSSR count). The van der Waals surface area contributed by atoms with E-state index in [4.69, 9.17) is 16.0 Å². The summed E-state index contributed by atoms with van der Waals surface area (Å²) in [7, 11) is 1.22. The molecule has 1 aromatic heterocycles. The molecule has 22 heavy (non-hydrogen) atoms. The maximum atomic E-state index is 12.7. The van der Waals surface area contributed by atoms with Gasteiger partial charge in [0.15, 0.2) is 11.5 Å². The smallest absolute Gasteiger partial charge is 0.323 e. The number of nitrogens with zero attached hydrogens (tertiary/aromatic N) is 1. The minimum absolute atomic E-state index is 0.110. The fourth-order valence-corrected chi connectivity index (χ4v) is 2.14. The van der Waals surface area contributed by atoms with E-state index < -0.39 is 23.7 Å². The molecule has 0 saturated heterocycles. The predicted octanol–water partition coefficient (Wildman–Crippen LogP) is 1.03. The van der Waals surface area contributed by atoms with Crippen LogP contribution in [0, 0.1) is 6.92 Å². The first-order valence-corrected chi connectivity index (χ1v) is 6.60. The summed E-state index contributed by atoms with van der Waals surface area (Å²) in [6.07, 6.45) is 0. The second-order valence-electron chi connectivity index (χ2n) is 4.88. The number of methoxy groups -OCH3 is 1. The van der Waals surface area contributed by atoms with E-state index in [0.29, 0.717) is 17.0 Å². The molecule has 0 aliphatic heterocycles. The van der Waals surface area contributed by atoms with Gasteiger partial charge in [-0.1, -0.05) is 17.3 Å². The van der Waals surface area contributed by atoms with Gasteiger partial charge in [-0.2, -0.15) is 0 Å². The zero-order valence-corrected chi connectivity index (χ0v) is 12.3. The Bertz CT molecular complexity index is 678. The van der Waals surface area contributed by atoms with Crippen molar-refractivity contribution in [3.8, 4) is 0 Å². The van der Waals surface area contributed by atoms with Crippen molar-refractivity contribution in [1.82, 2.24) is 5.16 Å². The van der Waals surface area contributed by atoms with Crippen LogP contribution in [-0.2, 0) is 9.53 Å². The van der Waals surface area contributed by atoms with Gasteiger partial charge >= 0.3 is 5.97 Å². The largest absolute Gasteiger partial charge is 0.468 e. The number of carbonyl (C=O) groups excluding carboxylic acids is 2. The molecule has 0 fully saturated rings. The summed E-state index contributed by atoms with van der Waals surface area (Å²) < 4.78 is 9.55. The van der Waals surface area contributed by atoms with Gasteiger partial charge in [0.25, 0.3) is 0 Å².